The molecule has 0 aliphatic carbocycles. The van der Waals surface area contributed by atoms with Crippen molar-refractivity contribution in [1.29, 1.82) is 0 Å². The lowest BCUT2D eigenvalue weighted by Gasteiger charge is -2.23. The molecule has 0 atom stereocenters. The number of rotatable bonds is 5. The van der Waals surface area contributed by atoms with Crippen LogP contribution in [0.3, 0.4) is 0 Å². The van der Waals surface area contributed by atoms with Crippen molar-refractivity contribution in [3.63, 3.8) is 0 Å². The fourth-order valence-corrected chi connectivity index (χ4v) is 2.27. The van der Waals surface area contributed by atoms with E-state index in [9.17, 15) is 26.3 Å². The van der Waals surface area contributed by atoms with Gasteiger partial charge in [-0.1, -0.05) is 23.7 Å². The highest BCUT2D eigenvalue weighted by Crippen LogP contribution is 2.37. The number of halogens is 7. The maximum absolute atomic E-state index is 13.0. The van der Waals surface area contributed by atoms with E-state index < -0.39 is 30.4 Å². The van der Waals surface area contributed by atoms with Crippen LogP contribution in [0.4, 0.5) is 38.0 Å². The van der Waals surface area contributed by atoms with E-state index in [2.05, 4.69) is 14.7 Å². The Labute approximate surface area is 149 Å². The van der Waals surface area contributed by atoms with Crippen LogP contribution in [0.1, 0.15) is 12.5 Å². The minimum Gasteiger partial charge on any atom is -0.467 e. The Balaban J connectivity index is 2.48. The molecule has 0 unspecified atom stereocenters. The zero-order chi connectivity index (χ0) is 19.5. The van der Waals surface area contributed by atoms with Crippen molar-refractivity contribution >= 4 is 23.2 Å². The number of benzene rings is 1. The third-order valence-electron chi connectivity index (χ3n) is 3.12. The summed E-state index contributed by atoms with van der Waals surface area (Å²) in [6.45, 7) is -0.0564. The lowest BCUT2D eigenvalue weighted by atomic mass is 10.3. The minimum absolute atomic E-state index is 0.202. The van der Waals surface area contributed by atoms with Crippen LogP contribution in [0.2, 0.25) is 5.02 Å². The Morgan fingerprint density at radius 3 is 2.31 bits per heavy atom. The first-order chi connectivity index (χ1) is 12.0. The first-order valence-corrected chi connectivity index (χ1v) is 7.56. The Morgan fingerprint density at radius 2 is 1.77 bits per heavy atom. The average Bonchev–Trinajstić information content (AvgIpc) is 2.54. The van der Waals surface area contributed by atoms with E-state index >= 15 is 0 Å². The molecule has 0 bridgehead atoms. The molecule has 4 nitrogen and oxygen atoms in total. The fourth-order valence-electron chi connectivity index (χ4n) is 2.03. The molecule has 142 valence electrons. The molecule has 11 heteroatoms. The SMILES string of the molecule is CCN(c1ncc(C(F)(F)F)c(OCC(F)(F)F)n1)c1ccccc1Cl. The molecule has 0 amide bonds. The number of anilines is 2. The van der Waals surface area contributed by atoms with Gasteiger partial charge >= 0.3 is 12.4 Å². The Morgan fingerprint density at radius 1 is 1.12 bits per heavy atom. The molecular weight excluding hydrogens is 388 g/mol. The molecule has 0 aliphatic rings. The summed E-state index contributed by atoms with van der Waals surface area (Å²) >= 11 is 6.06. The third kappa shape index (κ3) is 4.90. The number of para-hydroxylation sites is 1. The van der Waals surface area contributed by atoms with Gasteiger partial charge in [0.25, 0.3) is 0 Å². The first-order valence-electron chi connectivity index (χ1n) is 7.18. The maximum atomic E-state index is 13.0. The number of alkyl halides is 6. The third-order valence-corrected chi connectivity index (χ3v) is 3.44. The standard InChI is InChI=1S/C15H12ClF6N3O/c1-2-25(11-6-4-3-5-10(11)16)13-23-7-9(15(20,21)22)12(24-13)26-8-14(17,18)19/h3-7H,2,8H2,1H3. The van der Waals surface area contributed by atoms with Gasteiger partial charge in [-0.3, -0.25) is 0 Å². The highest BCUT2D eigenvalue weighted by Gasteiger charge is 2.38. The van der Waals surface area contributed by atoms with Gasteiger partial charge < -0.3 is 9.64 Å². The molecular formula is C15H12ClF6N3O. The van der Waals surface area contributed by atoms with Crippen LogP contribution in [0.25, 0.3) is 0 Å². The first kappa shape index (κ1) is 20.1. The summed E-state index contributed by atoms with van der Waals surface area (Å²) in [6.07, 6.45) is -9.41. The zero-order valence-corrected chi connectivity index (χ0v) is 14.0. The van der Waals surface area contributed by atoms with E-state index in [0.29, 0.717) is 11.9 Å². The molecule has 0 aliphatic heterocycles. The molecule has 2 aromatic rings. The lowest BCUT2D eigenvalue weighted by Crippen LogP contribution is -2.24. The van der Waals surface area contributed by atoms with Gasteiger partial charge in [0, 0.05) is 12.7 Å². The molecule has 1 aromatic carbocycles. The molecule has 1 aromatic heterocycles. The molecule has 0 N–H and O–H groups in total. The van der Waals surface area contributed by atoms with Crippen LogP contribution in [0, 0.1) is 0 Å². The second-order valence-corrected chi connectivity index (χ2v) is 5.39. The van der Waals surface area contributed by atoms with Gasteiger partial charge in [0.15, 0.2) is 6.61 Å². The van der Waals surface area contributed by atoms with E-state index in [-0.39, 0.29) is 17.5 Å². The van der Waals surface area contributed by atoms with E-state index in [4.69, 9.17) is 11.6 Å². The molecule has 0 radical (unpaired) electrons. The molecule has 1 heterocycles. The van der Waals surface area contributed by atoms with Crippen LogP contribution in [-0.2, 0) is 6.18 Å². The Hall–Kier alpha value is -2.23. The summed E-state index contributed by atoms with van der Waals surface area (Å²) in [7, 11) is 0. The van der Waals surface area contributed by atoms with E-state index in [0.717, 1.165) is 0 Å². The predicted molar refractivity (Wildman–Crippen MR) is 82.7 cm³/mol. The van der Waals surface area contributed by atoms with Gasteiger partial charge in [-0.25, -0.2) is 4.98 Å². The fraction of sp³-hybridized carbons (Fsp3) is 0.333. The molecule has 2 rings (SSSR count). The number of hydrogen-bond donors (Lipinski definition) is 0. The van der Waals surface area contributed by atoms with Crippen molar-refractivity contribution < 1.29 is 31.1 Å². The van der Waals surface area contributed by atoms with Crippen molar-refractivity contribution in [2.24, 2.45) is 0 Å². The van der Waals surface area contributed by atoms with Crippen LogP contribution in [0.15, 0.2) is 30.5 Å². The van der Waals surface area contributed by atoms with Crippen molar-refractivity contribution in [2.45, 2.75) is 19.3 Å². The van der Waals surface area contributed by atoms with E-state index in [1.54, 1.807) is 31.2 Å². The van der Waals surface area contributed by atoms with Gasteiger partial charge in [0.05, 0.1) is 10.7 Å². The summed E-state index contributed by atoms with van der Waals surface area (Å²) in [5.41, 5.74) is -1.11. The molecule has 0 fully saturated rings. The van der Waals surface area contributed by atoms with Crippen LogP contribution < -0.4 is 9.64 Å². The maximum Gasteiger partial charge on any atom is 0.423 e. The van der Waals surface area contributed by atoms with Crippen LogP contribution >= 0.6 is 11.6 Å². The molecule has 0 spiro atoms. The van der Waals surface area contributed by atoms with Gasteiger partial charge in [0.2, 0.25) is 11.8 Å². The van der Waals surface area contributed by atoms with Crippen molar-refractivity contribution in [3.8, 4) is 5.88 Å². The quantitative estimate of drug-likeness (QED) is 0.644. The van der Waals surface area contributed by atoms with Gasteiger partial charge in [-0.2, -0.15) is 31.3 Å². The van der Waals surface area contributed by atoms with Gasteiger partial charge in [-0.05, 0) is 19.1 Å². The van der Waals surface area contributed by atoms with Gasteiger partial charge in [0.1, 0.15) is 5.56 Å². The highest BCUT2D eigenvalue weighted by molar-refractivity contribution is 6.33. The zero-order valence-electron chi connectivity index (χ0n) is 13.2. The van der Waals surface area contributed by atoms with Crippen LogP contribution in [0.5, 0.6) is 5.88 Å². The minimum atomic E-state index is -4.97. The normalized spacial score (nSPS) is 12.2. The molecule has 0 saturated carbocycles. The summed E-state index contributed by atoms with van der Waals surface area (Å²) in [5.74, 6) is -1.48. The van der Waals surface area contributed by atoms with Gasteiger partial charge in [-0.15, -0.1) is 0 Å². The summed E-state index contributed by atoms with van der Waals surface area (Å²) in [5, 5.41) is 0.274. The molecule has 26 heavy (non-hydrogen) atoms. The highest BCUT2D eigenvalue weighted by atomic mass is 35.5. The number of nitrogens with zero attached hydrogens (tertiary/aromatic N) is 3. The second kappa shape index (κ2) is 7.56. The summed E-state index contributed by atoms with van der Waals surface area (Å²) in [6, 6.07) is 6.40. The van der Waals surface area contributed by atoms with Crippen molar-refractivity contribution in [1.82, 2.24) is 9.97 Å². The largest absolute Gasteiger partial charge is 0.467 e. The molecule has 0 saturated heterocycles. The Kier molecular flexibility index (Phi) is 5.84. The summed E-state index contributed by atoms with van der Waals surface area (Å²) in [4.78, 5) is 8.51. The number of aromatic nitrogens is 2. The smallest absolute Gasteiger partial charge is 0.423 e. The average molecular weight is 400 g/mol. The van der Waals surface area contributed by atoms with Crippen LogP contribution in [-0.4, -0.2) is 29.3 Å². The Bertz CT molecular complexity index is 766. The monoisotopic (exact) mass is 399 g/mol. The number of hydrogen-bond acceptors (Lipinski definition) is 4. The van der Waals surface area contributed by atoms with Crippen molar-refractivity contribution in [2.75, 3.05) is 18.1 Å². The topological polar surface area (TPSA) is 38.2 Å². The van der Waals surface area contributed by atoms with E-state index in [1.807, 2.05) is 0 Å². The lowest BCUT2D eigenvalue weighted by molar-refractivity contribution is -0.159. The predicted octanol–water partition coefficient (Wildman–Crippen LogP) is 5.25. The number of ether oxygens (including phenoxy) is 1. The summed E-state index contributed by atoms with van der Waals surface area (Å²) < 4.78 is 80.3. The second-order valence-electron chi connectivity index (χ2n) is 4.99. The van der Waals surface area contributed by atoms with E-state index in [1.165, 1.54) is 4.90 Å². The van der Waals surface area contributed by atoms with Crippen molar-refractivity contribution in [3.05, 3.63) is 41.0 Å².